The van der Waals surface area contributed by atoms with Crippen molar-refractivity contribution < 1.29 is 19.1 Å². The Morgan fingerprint density at radius 3 is 2.52 bits per heavy atom. The minimum atomic E-state index is -0.680. The molecule has 0 saturated carbocycles. The first kappa shape index (κ1) is 22.1. The summed E-state index contributed by atoms with van der Waals surface area (Å²) in [4.78, 5) is 39.0. The summed E-state index contributed by atoms with van der Waals surface area (Å²) in [5.41, 5.74) is 3.06. The minimum absolute atomic E-state index is 0.151. The summed E-state index contributed by atoms with van der Waals surface area (Å²) in [7, 11) is 1.60. The summed E-state index contributed by atoms with van der Waals surface area (Å²) in [6.07, 6.45) is -0.0407. The van der Waals surface area contributed by atoms with E-state index in [0.29, 0.717) is 22.5 Å². The van der Waals surface area contributed by atoms with Gasteiger partial charge in [-0.3, -0.25) is 4.79 Å². The average molecular weight is 421 g/mol. The fourth-order valence-corrected chi connectivity index (χ4v) is 3.41. The molecule has 31 heavy (non-hydrogen) atoms. The van der Waals surface area contributed by atoms with Gasteiger partial charge in [0.05, 0.1) is 24.1 Å². The fourth-order valence-electron chi connectivity index (χ4n) is 3.41. The zero-order valence-electron chi connectivity index (χ0n) is 18.1. The third-order valence-corrected chi connectivity index (χ3v) is 5.03. The van der Waals surface area contributed by atoms with Gasteiger partial charge in [-0.15, -0.1) is 0 Å². The maximum absolute atomic E-state index is 12.8. The number of benzene rings is 2. The van der Waals surface area contributed by atoms with Gasteiger partial charge in [0.15, 0.2) is 0 Å². The molecule has 1 heterocycles. The van der Waals surface area contributed by atoms with E-state index in [1.54, 1.807) is 52.1 Å². The van der Waals surface area contributed by atoms with E-state index in [9.17, 15) is 14.4 Å². The molecule has 0 spiro atoms. The zero-order valence-corrected chi connectivity index (χ0v) is 18.1. The highest BCUT2D eigenvalue weighted by Crippen LogP contribution is 2.32. The van der Waals surface area contributed by atoms with Crippen LogP contribution in [0.3, 0.4) is 0 Å². The van der Waals surface area contributed by atoms with Crippen molar-refractivity contribution in [2.45, 2.75) is 39.3 Å². The zero-order chi connectivity index (χ0) is 22.5. The first-order valence-electron chi connectivity index (χ1n) is 10.2. The number of allylic oxidation sites excluding steroid dienone is 1. The number of anilines is 1. The molecule has 0 aromatic heterocycles. The summed E-state index contributed by atoms with van der Waals surface area (Å²) in [5.74, 6) is -0.634. The smallest absolute Gasteiger partial charge is 0.338 e. The molecule has 2 aromatic rings. The molecule has 1 aliphatic rings. The maximum atomic E-state index is 12.8. The molecular weight excluding hydrogens is 394 g/mol. The second-order valence-electron chi connectivity index (χ2n) is 7.73. The predicted octanol–water partition coefficient (Wildman–Crippen LogP) is 3.79. The number of nitrogens with one attached hydrogen (secondary N) is 2. The quantitative estimate of drug-likeness (QED) is 0.695. The Hall–Kier alpha value is -3.61. The molecule has 7 nitrogen and oxygen atoms in total. The number of carbonyl (C=O) groups is 3. The van der Waals surface area contributed by atoms with Crippen LogP contribution in [0.5, 0.6) is 0 Å². The topological polar surface area (TPSA) is 87.7 Å². The maximum Gasteiger partial charge on any atom is 0.338 e. The minimum Gasteiger partial charge on any atom is -0.459 e. The summed E-state index contributed by atoms with van der Waals surface area (Å²) < 4.78 is 5.41. The number of rotatable bonds is 6. The van der Waals surface area contributed by atoms with Crippen LogP contribution >= 0.6 is 0 Å². The number of nitrogens with zero attached hydrogens (tertiary/aromatic N) is 1. The van der Waals surface area contributed by atoms with Gasteiger partial charge in [-0.05, 0) is 44.0 Å². The number of amides is 3. The third-order valence-electron chi connectivity index (χ3n) is 5.03. The molecule has 0 saturated heterocycles. The number of hydrogen-bond acceptors (Lipinski definition) is 4. The Morgan fingerprint density at radius 1 is 1.13 bits per heavy atom. The fraction of sp³-hybridized carbons (Fsp3) is 0.292. The van der Waals surface area contributed by atoms with Crippen molar-refractivity contribution in [3.63, 3.8) is 0 Å². The summed E-state index contributed by atoms with van der Waals surface area (Å²) in [5, 5.41) is 5.74. The molecule has 0 aliphatic carbocycles. The number of urea groups is 1. The molecule has 2 aromatic carbocycles. The van der Waals surface area contributed by atoms with Crippen molar-refractivity contribution in [1.82, 2.24) is 10.2 Å². The van der Waals surface area contributed by atoms with E-state index in [4.69, 9.17) is 4.74 Å². The van der Waals surface area contributed by atoms with Crippen LogP contribution in [0.25, 0.3) is 0 Å². The summed E-state index contributed by atoms with van der Waals surface area (Å²) >= 11 is 0. The highest BCUT2D eigenvalue weighted by Gasteiger charge is 2.35. The lowest BCUT2D eigenvalue weighted by Crippen LogP contribution is -2.46. The third kappa shape index (κ3) is 5.31. The lowest BCUT2D eigenvalue weighted by Gasteiger charge is -2.33. The van der Waals surface area contributed by atoms with Crippen molar-refractivity contribution in [1.29, 1.82) is 0 Å². The van der Waals surface area contributed by atoms with Gasteiger partial charge in [-0.25, -0.2) is 9.59 Å². The van der Waals surface area contributed by atoms with Crippen molar-refractivity contribution in [3.8, 4) is 0 Å². The van der Waals surface area contributed by atoms with Crippen LogP contribution < -0.4 is 10.6 Å². The Morgan fingerprint density at radius 2 is 1.84 bits per heavy atom. The van der Waals surface area contributed by atoms with Crippen LogP contribution in [0, 0.1) is 0 Å². The predicted molar refractivity (Wildman–Crippen MR) is 118 cm³/mol. The molecule has 0 fully saturated rings. The van der Waals surface area contributed by atoms with Crippen LogP contribution in [0.4, 0.5) is 10.5 Å². The summed E-state index contributed by atoms with van der Waals surface area (Å²) in [6.45, 7) is 5.27. The highest BCUT2D eigenvalue weighted by atomic mass is 16.5. The first-order valence-corrected chi connectivity index (χ1v) is 10.2. The second-order valence-corrected chi connectivity index (χ2v) is 7.73. The van der Waals surface area contributed by atoms with Gasteiger partial charge in [-0.2, -0.15) is 0 Å². The Bertz CT molecular complexity index is 1010. The number of esters is 1. The van der Waals surface area contributed by atoms with Crippen molar-refractivity contribution >= 4 is 23.6 Å². The molecule has 2 N–H and O–H groups in total. The highest BCUT2D eigenvalue weighted by molar-refractivity contribution is 5.95. The van der Waals surface area contributed by atoms with Crippen LogP contribution in [-0.4, -0.2) is 36.0 Å². The van der Waals surface area contributed by atoms with Gasteiger partial charge in [0.25, 0.3) is 0 Å². The lowest BCUT2D eigenvalue weighted by molar-refractivity contribution is -0.143. The SMILES string of the molecule is CC1=C(C(=O)OC(C)C)[C@@H](c2cccc(NC(=O)Cc3ccccc3)c2)NC(=O)N1C. The monoisotopic (exact) mass is 421 g/mol. The van der Waals surface area contributed by atoms with E-state index in [-0.39, 0.29) is 24.5 Å². The van der Waals surface area contributed by atoms with E-state index in [0.717, 1.165) is 5.56 Å². The molecule has 0 radical (unpaired) electrons. The van der Waals surface area contributed by atoms with Crippen molar-refractivity contribution in [2.75, 3.05) is 12.4 Å². The van der Waals surface area contributed by atoms with Gasteiger partial charge in [0.2, 0.25) is 5.91 Å². The Balaban J connectivity index is 1.86. The molecule has 0 bridgehead atoms. The number of hydrogen-bond donors (Lipinski definition) is 2. The molecule has 3 rings (SSSR count). The lowest BCUT2D eigenvalue weighted by atomic mass is 9.94. The van der Waals surface area contributed by atoms with Gasteiger partial charge in [-0.1, -0.05) is 42.5 Å². The van der Waals surface area contributed by atoms with Gasteiger partial charge >= 0.3 is 12.0 Å². The van der Waals surface area contributed by atoms with Crippen LogP contribution in [0.2, 0.25) is 0 Å². The molecule has 3 amide bonds. The van der Waals surface area contributed by atoms with Crippen LogP contribution in [0.15, 0.2) is 65.9 Å². The van der Waals surface area contributed by atoms with Crippen molar-refractivity contribution in [3.05, 3.63) is 77.0 Å². The van der Waals surface area contributed by atoms with Gasteiger partial charge in [0.1, 0.15) is 0 Å². The van der Waals surface area contributed by atoms with E-state index < -0.39 is 12.0 Å². The summed E-state index contributed by atoms with van der Waals surface area (Å²) in [6, 6.07) is 15.6. The van der Waals surface area contributed by atoms with E-state index >= 15 is 0 Å². The number of carbonyl (C=O) groups excluding carboxylic acids is 3. The second kappa shape index (κ2) is 9.47. The van der Waals surface area contributed by atoms with E-state index in [2.05, 4.69) is 10.6 Å². The van der Waals surface area contributed by atoms with Crippen LogP contribution in [0.1, 0.15) is 37.9 Å². The number of ether oxygens (including phenoxy) is 1. The molecule has 1 aliphatic heterocycles. The standard InChI is InChI=1S/C24H27N3O4/c1-15(2)31-23(29)21-16(3)27(4)24(30)26-22(21)18-11-8-12-19(14-18)25-20(28)13-17-9-6-5-7-10-17/h5-12,14-15,22H,13H2,1-4H3,(H,25,28)(H,26,30)/t22-/m1/s1. The van der Waals surface area contributed by atoms with Gasteiger partial charge in [0, 0.05) is 18.4 Å². The normalized spacial score (nSPS) is 16.2. The van der Waals surface area contributed by atoms with Crippen LogP contribution in [-0.2, 0) is 20.7 Å². The molecular formula is C24H27N3O4. The Labute approximate surface area is 182 Å². The first-order chi connectivity index (χ1) is 14.8. The van der Waals surface area contributed by atoms with E-state index in [1.165, 1.54) is 4.90 Å². The molecule has 0 unspecified atom stereocenters. The van der Waals surface area contributed by atoms with E-state index in [1.807, 2.05) is 30.3 Å². The average Bonchev–Trinajstić information content (AvgIpc) is 2.72. The van der Waals surface area contributed by atoms with Gasteiger partial charge < -0.3 is 20.3 Å². The molecule has 1 atom stereocenters. The molecule has 162 valence electrons. The largest absolute Gasteiger partial charge is 0.459 e. The molecule has 7 heteroatoms. The van der Waals surface area contributed by atoms with Crippen molar-refractivity contribution in [2.24, 2.45) is 0 Å². The Kier molecular flexibility index (Phi) is 6.74.